The van der Waals surface area contributed by atoms with Crippen molar-refractivity contribution in [1.29, 1.82) is 0 Å². The minimum absolute atomic E-state index is 0.406. The lowest BCUT2D eigenvalue weighted by atomic mass is 10.1. The Hall–Kier alpha value is -2.21. The van der Waals surface area contributed by atoms with Crippen LogP contribution in [0.1, 0.15) is 16.2 Å². The van der Waals surface area contributed by atoms with E-state index in [4.69, 9.17) is 10.5 Å². The normalized spacial score (nSPS) is 10.6. The maximum atomic E-state index is 11.0. The van der Waals surface area contributed by atoms with Gasteiger partial charge in [0.05, 0.1) is 0 Å². The first-order valence-electron chi connectivity index (χ1n) is 5.41. The Kier molecular flexibility index (Phi) is 3.38. The van der Waals surface area contributed by atoms with Gasteiger partial charge in [-0.15, -0.1) is 0 Å². The van der Waals surface area contributed by atoms with Gasteiger partial charge in [0.25, 0.3) is 0 Å². The van der Waals surface area contributed by atoms with E-state index in [-0.39, 0.29) is 0 Å². The van der Waals surface area contributed by atoms with E-state index < -0.39 is 5.91 Å². The summed E-state index contributed by atoms with van der Waals surface area (Å²) in [5, 5.41) is 4.28. The molecule has 6 nitrogen and oxygen atoms in total. The molecule has 0 aliphatic carbocycles. The van der Waals surface area contributed by atoms with Gasteiger partial charge in [-0.25, -0.2) is 4.98 Å². The minimum atomic E-state index is -0.449. The summed E-state index contributed by atoms with van der Waals surface area (Å²) >= 11 is 0. The highest BCUT2D eigenvalue weighted by Gasteiger charge is 2.09. The largest absolute Gasteiger partial charge is 0.377 e. The lowest BCUT2D eigenvalue weighted by molar-refractivity contribution is 0.100. The van der Waals surface area contributed by atoms with Crippen molar-refractivity contribution in [3.8, 4) is 11.4 Å². The minimum Gasteiger partial charge on any atom is -0.377 e. The highest BCUT2D eigenvalue weighted by molar-refractivity contribution is 5.93. The molecule has 0 aliphatic rings. The van der Waals surface area contributed by atoms with Gasteiger partial charge in [0.1, 0.15) is 6.61 Å². The lowest BCUT2D eigenvalue weighted by Crippen LogP contribution is -2.10. The standard InChI is InChI=1S/C12H14N4O2/c1-16-10(7-18-2)14-12(15-16)9-5-3-8(4-6-9)11(13)17/h3-6H,7H2,1-2H3,(H2,13,17). The molecule has 1 amide bonds. The Balaban J connectivity index is 2.31. The highest BCUT2D eigenvalue weighted by Crippen LogP contribution is 2.16. The number of methoxy groups -OCH3 is 1. The summed E-state index contributed by atoms with van der Waals surface area (Å²) in [5.41, 5.74) is 6.48. The number of aryl methyl sites for hydroxylation is 1. The van der Waals surface area contributed by atoms with Gasteiger partial charge in [-0.3, -0.25) is 9.48 Å². The first-order valence-corrected chi connectivity index (χ1v) is 5.41. The van der Waals surface area contributed by atoms with Crippen LogP contribution in [0.2, 0.25) is 0 Å². The van der Waals surface area contributed by atoms with Crippen molar-refractivity contribution < 1.29 is 9.53 Å². The molecule has 2 rings (SSSR count). The Bertz CT molecular complexity index is 560. The molecule has 0 radical (unpaired) electrons. The zero-order chi connectivity index (χ0) is 13.1. The van der Waals surface area contributed by atoms with Crippen LogP contribution in [0, 0.1) is 0 Å². The average molecular weight is 246 g/mol. The molecule has 0 bridgehead atoms. The van der Waals surface area contributed by atoms with E-state index in [2.05, 4.69) is 10.1 Å². The molecule has 2 aromatic rings. The maximum absolute atomic E-state index is 11.0. The summed E-state index contributed by atoms with van der Waals surface area (Å²) < 4.78 is 6.69. The number of carbonyl (C=O) groups excluding carboxylic acids is 1. The number of benzene rings is 1. The molecule has 0 saturated heterocycles. The van der Waals surface area contributed by atoms with Crippen LogP contribution in [0.3, 0.4) is 0 Å². The van der Waals surface area contributed by atoms with Crippen molar-refractivity contribution in [2.45, 2.75) is 6.61 Å². The van der Waals surface area contributed by atoms with E-state index in [0.29, 0.717) is 18.0 Å². The van der Waals surface area contributed by atoms with Crippen molar-refractivity contribution in [2.24, 2.45) is 12.8 Å². The summed E-state index contributed by atoms with van der Waals surface area (Å²) in [6.07, 6.45) is 0. The number of carbonyl (C=O) groups is 1. The maximum Gasteiger partial charge on any atom is 0.248 e. The summed E-state index contributed by atoms with van der Waals surface area (Å²) in [7, 11) is 3.42. The fourth-order valence-electron chi connectivity index (χ4n) is 1.58. The van der Waals surface area contributed by atoms with E-state index in [9.17, 15) is 4.79 Å². The van der Waals surface area contributed by atoms with Crippen LogP contribution in [0.5, 0.6) is 0 Å². The third-order valence-corrected chi connectivity index (χ3v) is 2.55. The molecule has 94 valence electrons. The number of nitrogens with two attached hydrogens (primary N) is 1. The molecule has 0 atom stereocenters. The number of nitrogens with zero attached hydrogens (tertiary/aromatic N) is 3. The van der Waals surface area contributed by atoms with Crippen LogP contribution in [0.25, 0.3) is 11.4 Å². The monoisotopic (exact) mass is 246 g/mol. The van der Waals surface area contributed by atoms with Crippen molar-refractivity contribution >= 4 is 5.91 Å². The van der Waals surface area contributed by atoms with Crippen LogP contribution < -0.4 is 5.73 Å². The van der Waals surface area contributed by atoms with Crippen LogP contribution in [0.15, 0.2) is 24.3 Å². The molecule has 6 heteroatoms. The molecule has 0 fully saturated rings. The van der Waals surface area contributed by atoms with Crippen molar-refractivity contribution in [1.82, 2.24) is 14.8 Å². The third kappa shape index (κ3) is 2.38. The van der Waals surface area contributed by atoms with E-state index >= 15 is 0 Å². The summed E-state index contributed by atoms with van der Waals surface area (Å²) in [6.45, 7) is 0.406. The van der Waals surface area contributed by atoms with Crippen molar-refractivity contribution in [3.05, 3.63) is 35.7 Å². The average Bonchev–Trinajstić information content (AvgIpc) is 2.72. The summed E-state index contributed by atoms with van der Waals surface area (Å²) in [5.74, 6) is 0.891. The first kappa shape index (κ1) is 12.3. The lowest BCUT2D eigenvalue weighted by Gasteiger charge is -1.97. The van der Waals surface area contributed by atoms with E-state index in [0.717, 1.165) is 11.4 Å². The van der Waals surface area contributed by atoms with Crippen LogP contribution in [-0.2, 0) is 18.4 Å². The number of aromatic nitrogens is 3. The Morgan fingerprint density at radius 2 is 2.06 bits per heavy atom. The van der Waals surface area contributed by atoms with E-state index in [1.54, 1.807) is 36.1 Å². The number of rotatable bonds is 4. The molecular formula is C12H14N4O2. The van der Waals surface area contributed by atoms with Gasteiger partial charge in [0.15, 0.2) is 11.6 Å². The molecule has 0 saturated carbocycles. The number of primary amides is 1. The number of ether oxygens (including phenoxy) is 1. The molecule has 0 unspecified atom stereocenters. The van der Waals surface area contributed by atoms with Crippen LogP contribution in [-0.4, -0.2) is 27.8 Å². The van der Waals surface area contributed by atoms with Gasteiger partial charge in [0.2, 0.25) is 5.91 Å². The molecular weight excluding hydrogens is 232 g/mol. The molecule has 18 heavy (non-hydrogen) atoms. The van der Waals surface area contributed by atoms with Crippen LogP contribution in [0.4, 0.5) is 0 Å². The topological polar surface area (TPSA) is 83.0 Å². The van der Waals surface area contributed by atoms with Gasteiger partial charge < -0.3 is 10.5 Å². The second-order valence-electron chi connectivity index (χ2n) is 3.85. The van der Waals surface area contributed by atoms with Gasteiger partial charge in [-0.05, 0) is 12.1 Å². The molecule has 1 aromatic carbocycles. The van der Waals surface area contributed by atoms with Gasteiger partial charge in [-0.1, -0.05) is 12.1 Å². The molecule has 1 aromatic heterocycles. The Labute approximate surface area is 104 Å². The van der Waals surface area contributed by atoms with Crippen LogP contribution >= 0.6 is 0 Å². The first-order chi connectivity index (χ1) is 8.61. The quantitative estimate of drug-likeness (QED) is 0.862. The molecule has 0 aliphatic heterocycles. The number of amides is 1. The molecule has 2 N–H and O–H groups in total. The number of hydrogen-bond acceptors (Lipinski definition) is 4. The van der Waals surface area contributed by atoms with Gasteiger partial charge >= 0.3 is 0 Å². The summed E-state index contributed by atoms with van der Waals surface area (Å²) in [4.78, 5) is 15.3. The third-order valence-electron chi connectivity index (χ3n) is 2.55. The fourth-order valence-corrected chi connectivity index (χ4v) is 1.58. The SMILES string of the molecule is COCc1nc(-c2ccc(C(N)=O)cc2)nn1C. The zero-order valence-electron chi connectivity index (χ0n) is 10.3. The predicted molar refractivity (Wildman–Crippen MR) is 65.7 cm³/mol. The highest BCUT2D eigenvalue weighted by atomic mass is 16.5. The van der Waals surface area contributed by atoms with Gasteiger partial charge in [-0.2, -0.15) is 5.10 Å². The van der Waals surface area contributed by atoms with E-state index in [1.165, 1.54) is 0 Å². The zero-order valence-corrected chi connectivity index (χ0v) is 10.3. The van der Waals surface area contributed by atoms with Crippen molar-refractivity contribution in [3.63, 3.8) is 0 Å². The van der Waals surface area contributed by atoms with Gasteiger partial charge in [0, 0.05) is 25.3 Å². The number of hydrogen-bond donors (Lipinski definition) is 1. The molecule has 0 spiro atoms. The predicted octanol–water partition coefficient (Wildman–Crippen LogP) is 0.727. The summed E-state index contributed by atoms with van der Waals surface area (Å²) in [6, 6.07) is 6.85. The molecule has 1 heterocycles. The van der Waals surface area contributed by atoms with Crippen molar-refractivity contribution in [2.75, 3.05) is 7.11 Å². The van der Waals surface area contributed by atoms with E-state index in [1.807, 2.05) is 7.05 Å². The fraction of sp³-hybridized carbons (Fsp3) is 0.250. The smallest absolute Gasteiger partial charge is 0.248 e. The Morgan fingerprint density at radius 1 is 1.39 bits per heavy atom. The Morgan fingerprint density at radius 3 is 2.61 bits per heavy atom. The second-order valence-corrected chi connectivity index (χ2v) is 3.85. The second kappa shape index (κ2) is 4.97.